The number of nitrogens with zero attached hydrogens (tertiary/aromatic N) is 2. The number of rotatable bonds is 7. The second-order valence-electron chi connectivity index (χ2n) is 5.68. The Kier molecular flexibility index (Phi) is 6.35. The van der Waals surface area contributed by atoms with Crippen LogP contribution in [0.25, 0.3) is 10.9 Å². The zero-order chi connectivity index (χ0) is 16.7. The molecule has 0 atom stereocenters. The summed E-state index contributed by atoms with van der Waals surface area (Å²) in [6, 6.07) is 9.60. The number of nitrogens with one attached hydrogen (secondary N) is 1. The van der Waals surface area contributed by atoms with Gasteiger partial charge in [-0.3, -0.25) is 4.98 Å². The average molecular weight is 315 g/mol. The van der Waals surface area contributed by atoms with Crippen molar-refractivity contribution in [3.8, 4) is 0 Å². The lowest BCUT2D eigenvalue weighted by Gasteiger charge is -2.23. The fourth-order valence-electron chi connectivity index (χ4n) is 2.47. The van der Waals surface area contributed by atoms with E-state index in [0.717, 1.165) is 35.1 Å². The standard InChI is InChI=1S/C18H25N3O2/c1-3-4-11-21(12-6-13-22)18(23)20-16-8-5-7-15-10-9-14(2)19-17(15)16/h5,7-10,22H,3-4,6,11-13H2,1-2H3,(H,20,23). The number of carbonyl (C=O) groups excluding carboxylic acids is 1. The first-order valence-electron chi connectivity index (χ1n) is 8.19. The number of anilines is 1. The van der Waals surface area contributed by atoms with Crippen LogP contribution in [0, 0.1) is 6.92 Å². The molecule has 1 aromatic carbocycles. The summed E-state index contributed by atoms with van der Waals surface area (Å²) in [6.45, 7) is 5.37. The highest BCUT2D eigenvalue weighted by molar-refractivity contribution is 5.99. The zero-order valence-electron chi connectivity index (χ0n) is 13.9. The monoisotopic (exact) mass is 315 g/mol. The number of benzene rings is 1. The number of pyridine rings is 1. The third-order valence-corrected chi connectivity index (χ3v) is 3.76. The highest BCUT2D eigenvalue weighted by Gasteiger charge is 2.14. The molecule has 2 rings (SSSR count). The van der Waals surface area contributed by atoms with Gasteiger partial charge in [-0.1, -0.05) is 31.5 Å². The van der Waals surface area contributed by atoms with Crippen molar-refractivity contribution in [2.45, 2.75) is 33.1 Å². The number of hydrogen-bond acceptors (Lipinski definition) is 3. The van der Waals surface area contributed by atoms with Crippen LogP contribution < -0.4 is 5.32 Å². The maximum Gasteiger partial charge on any atom is 0.321 e. The number of amides is 2. The first-order valence-corrected chi connectivity index (χ1v) is 8.19. The molecule has 2 aromatic rings. The molecule has 0 unspecified atom stereocenters. The molecule has 1 aromatic heterocycles. The SMILES string of the molecule is CCCCN(CCCO)C(=O)Nc1cccc2ccc(C)nc12. The fourth-order valence-corrected chi connectivity index (χ4v) is 2.47. The minimum Gasteiger partial charge on any atom is -0.396 e. The van der Waals surface area contributed by atoms with Gasteiger partial charge in [-0.15, -0.1) is 0 Å². The molecule has 0 bridgehead atoms. The van der Waals surface area contributed by atoms with Crippen LogP contribution >= 0.6 is 0 Å². The molecule has 0 saturated heterocycles. The van der Waals surface area contributed by atoms with E-state index in [-0.39, 0.29) is 12.6 Å². The van der Waals surface area contributed by atoms with E-state index in [1.165, 1.54) is 0 Å². The van der Waals surface area contributed by atoms with Crippen molar-refractivity contribution in [1.82, 2.24) is 9.88 Å². The number of hydrogen-bond donors (Lipinski definition) is 2. The molecule has 0 aliphatic rings. The van der Waals surface area contributed by atoms with Gasteiger partial charge < -0.3 is 15.3 Å². The largest absolute Gasteiger partial charge is 0.396 e. The van der Waals surface area contributed by atoms with Crippen molar-refractivity contribution in [1.29, 1.82) is 0 Å². The smallest absolute Gasteiger partial charge is 0.321 e. The molecule has 2 amide bonds. The van der Waals surface area contributed by atoms with Crippen molar-refractivity contribution in [2.24, 2.45) is 0 Å². The lowest BCUT2D eigenvalue weighted by molar-refractivity contribution is 0.201. The molecule has 0 radical (unpaired) electrons. The molecular formula is C18H25N3O2. The zero-order valence-corrected chi connectivity index (χ0v) is 13.9. The van der Waals surface area contributed by atoms with E-state index in [1.807, 2.05) is 37.3 Å². The Bertz CT molecular complexity index is 650. The second-order valence-corrected chi connectivity index (χ2v) is 5.68. The highest BCUT2D eigenvalue weighted by atomic mass is 16.3. The number of aliphatic hydroxyl groups excluding tert-OH is 1. The number of urea groups is 1. The van der Waals surface area contributed by atoms with Gasteiger partial charge in [0.1, 0.15) is 0 Å². The molecule has 23 heavy (non-hydrogen) atoms. The van der Waals surface area contributed by atoms with Crippen LogP contribution in [0.15, 0.2) is 30.3 Å². The molecule has 0 saturated carbocycles. The lowest BCUT2D eigenvalue weighted by Crippen LogP contribution is -2.36. The second kappa shape index (κ2) is 8.48. The summed E-state index contributed by atoms with van der Waals surface area (Å²) in [5.41, 5.74) is 2.45. The summed E-state index contributed by atoms with van der Waals surface area (Å²) in [5.74, 6) is 0. The summed E-state index contributed by atoms with van der Waals surface area (Å²) >= 11 is 0. The fraction of sp³-hybridized carbons (Fsp3) is 0.444. The summed E-state index contributed by atoms with van der Waals surface area (Å²) in [6.07, 6.45) is 2.56. The third kappa shape index (κ3) is 4.66. The normalized spacial score (nSPS) is 10.7. The van der Waals surface area contributed by atoms with Crippen molar-refractivity contribution in [2.75, 3.05) is 25.0 Å². The summed E-state index contributed by atoms with van der Waals surface area (Å²) in [5, 5.41) is 13.0. The topological polar surface area (TPSA) is 65.5 Å². The van der Waals surface area contributed by atoms with E-state index in [0.29, 0.717) is 19.5 Å². The number of aryl methyl sites for hydroxylation is 1. The Morgan fingerprint density at radius 2 is 2.00 bits per heavy atom. The van der Waals surface area contributed by atoms with Crippen LogP contribution in [0.1, 0.15) is 31.9 Å². The average Bonchev–Trinajstić information content (AvgIpc) is 2.55. The molecule has 2 N–H and O–H groups in total. The number of aliphatic hydroxyl groups is 1. The summed E-state index contributed by atoms with van der Waals surface area (Å²) in [7, 11) is 0. The van der Waals surface area contributed by atoms with E-state index in [1.54, 1.807) is 4.90 Å². The van der Waals surface area contributed by atoms with Crippen LogP contribution in [-0.2, 0) is 0 Å². The van der Waals surface area contributed by atoms with Gasteiger partial charge in [0, 0.05) is 30.8 Å². The number of para-hydroxylation sites is 1. The molecule has 5 nitrogen and oxygen atoms in total. The molecule has 1 heterocycles. The quantitative estimate of drug-likeness (QED) is 0.821. The van der Waals surface area contributed by atoms with Crippen molar-refractivity contribution in [3.63, 3.8) is 0 Å². The predicted octanol–water partition coefficient (Wildman–Crippen LogP) is 3.56. The van der Waals surface area contributed by atoms with Gasteiger partial charge in [0.25, 0.3) is 0 Å². The van der Waals surface area contributed by atoms with Gasteiger partial charge in [-0.05, 0) is 31.9 Å². The number of unbranched alkanes of at least 4 members (excludes halogenated alkanes) is 1. The lowest BCUT2D eigenvalue weighted by atomic mass is 10.2. The van der Waals surface area contributed by atoms with E-state index in [9.17, 15) is 4.79 Å². The third-order valence-electron chi connectivity index (χ3n) is 3.76. The van der Waals surface area contributed by atoms with Crippen LogP contribution in [0.3, 0.4) is 0 Å². The van der Waals surface area contributed by atoms with Gasteiger partial charge in [0.2, 0.25) is 0 Å². The van der Waals surface area contributed by atoms with Crippen LogP contribution in [0.5, 0.6) is 0 Å². The van der Waals surface area contributed by atoms with Crippen LogP contribution in [0.4, 0.5) is 10.5 Å². The maximum atomic E-state index is 12.6. The van der Waals surface area contributed by atoms with E-state index in [2.05, 4.69) is 17.2 Å². The van der Waals surface area contributed by atoms with Crippen molar-refractivity contribution < 1.29 is 9.90 Å². The van der Waals surface area contributed by atoms with E-state index < -0.39 is 0 Å². The predicted molar refractivity (Wildman–Crippen MR) is 93.7 cm³/mol. The van der Waals surface area contributed by atoms with Crippen LogP contribution in [0.2, 0.25) is 0 Å². The Hall–Kier alpha value is -2.14. The molecule has 5 heteroatoms. The Balaban J connectivity index is 2.18. The number of carbonyl (C=O) groups is 1. The highest BCUT2D eigenvalue weighted by Crippen LogP contribution is 2.22. The van der Waals surface area contributed by atoms with Crippen molar-refractivity contribution >= 4 is 22.6 Å². The van der Waals surface area contributed by atoms with Gasteiger partial charge in [-0.2, -0.15) is 0 Å². The summed E-state index contributed by atoms with van der Waals surface area (Å²) in [4.78, 5) is 18.9. The Morgan fingerprint density at radius 1 is 1.22 bits per heavy atom. The maximum absolute atomic E-state index is 12.6. The first-order chi connectivity index (χ1) is 11.2. The van der Waals surface area contributed by atoms with E-state index in [4.69, 9.17) is 5.11 Å². The molecule has 0 aliphatic carbocycles. The van der Waals surface area contributed by atoms with Gasteiger partial charge >= 0.3 is 6.03 Å². The molecule has 0 aliphatic heterocycles. The van der Waals surface area contributed by atoms with Crippen molar-refractivity contribution in [3.05, 3.63) is 36.0 Å². The minimum absolute atomic E-state index is 0.0882. The number of aromatic nitrogens is 1. The summed E-state index contributed by atoms with van der Waals surface area (Å²) < 4.78 is 0. The number of fused-ring (bicyclic) bond motifs is 1. The molecule has 124 valence electrons. The van der Waals surface area contributed by atoms with Gasteiger partial charge in [-0.25, -0.2) is 4.79 Å². The Morgan fingerprint density at radius 3 is 2.74 bits per heavy atom. The van der Waals surface area contributed by atoms with Crippen LogP contribution in [-0.4, -0.2) is 40.7 Å². The molecule has 0 fully saturated rings. The van der Waals surface area contributed by atoms with Gasteiger partial charge in [0.15, 0.2) is 0 Å². The molecular weight excluding hydrogens is 290 g/mol. The Labute approximate surface area is 137 Å². The first kappa shape index (κ1) is 17.2. The minimum atomic E-state index is -0.136. The van der Waals surface area contributed by atoms with Gasteiger partial charge in [0.05, 0.1) is 11.2 Å². The molecule has 0 spiro atoms. The van der Waals surface area contributed by atoms with E-state index >= 15 is 0 Å².